The van der Waals surface area contributed by atoms with Crippen molar-refractivity contribution >= 4 is 33.2 Å². The van der Waals surface area contributed by atoms with Crippen LogP contribution in [0.2, 0.25) is 0 Å². The lowest BCUT2D eigenvalue weighted by Gasteiger charge is -2.05. The Balaban J connectivity index is 2.29. The van der Waals surface area contributed by atoms with Crippen molar-refractivity contribution in [3.63, 3.8) is 0 Å². The van der Waals surface area contributed by atoms with Crippen LogP contribution < -0.4 is 4.74 Å². The fraction of sp³-hybridized carbons (Fsp3) is 0.286. The molecule has 106 valence electrons. The number of methoxy groups -OCH3 is 1. The zero-order valence-corrected chi connectivity index (χ0v) is 13.6. The van der Waals surface area contributed by atoms with E-state index in [-0.39, 0.29) is 0 Å². The number of aromatic nitrogens is 1. The van der Waals surface area contributed by atoms with Gasteiger partial charge >= 0.3 is 5.97 Å². The summed E-state index contributed by atoms with van der Waals surface area (Å²) in [7, 11) is 1.35. The summed E-state index contributed by atoms with van der Waals surface area (Å²) in [6, 6.07) is 7.61. The first-order chi connectivity index (χ1) is 9.65. The third kappa shape index (κ3) is 3.37. The quantitative estimate of drug-likeness (QED) is 0.756. The summed E-state index contributed by atoms with van der Waals surface area (Å²) in [6.07, 6.45) is 0.968. The Morgan fingerprint density at radius 1 is 1.35 bits per heavy atom. The maximum atomic E-state index is 11.7. The van der Waals surface area contributed by atoms with Gasteiger partial charge < -0.3 is 9.47 Å². The molecule has 0 amide bonds. The van der Waals surface area contributed by atoms with Gasteiger partial charge in [0.25, 0.3) is 0 Å². The van der Waals surface area contributed by atoms with Gasteiger partial charge in [-0.25, -0.2) is 9.78 Å². The predicted molar refractivity (Wildman–Crippen MR) is 82.4 cm³/mol. The van der Waals surface area contributed by atoms with Gasteiger partial charge in [-0.15, -0.1) is 11.3 Å². The van der Waals surface area contributed by atoms with Crippen LogP contribution in [0.25, 0.3) is 10.4 Å². The lowest BCUT2D eigenvalue weighted by Crippen LogP contribution is -2.03. The van der Waals surface area contributed by atoms with E-state index >= 15 is 0 Å². The van der Waals surface area contributed by atoms with Gasteiger partial charge in [-0.2, -0.15) is 0 Å². The van der Waals surface area contributed by atoms with Gasteiger partial charge in [0.1, 0.15) is 5.75 Å². The molecule has 0 spiro atoms. The van der Waals surface area contributed by atoms with Crippen molar-refractivity contribution in [2.75, 3.05) is 13.7 Å². The summed E-state index contributed by atoms with van der Waals surface area (Å²) in [5.41, 5.74) is 1.24. The monoisotopic (exact) mass is 355 g/mol. The van der Waals surface area contributed by atoms with Crippen molar-refractivity contribution in [2.24, 2.45) is 0 Å². The zero-order valence-electron chi connectivity index (χ0n) is 11.2. The number of carbonyl (C=O) groups is 1. The van der Waals surface area contributed by atoms with E-state index in [1.807, 2.05) is 24.3 Å². The number of benzene rings is 1. The van der Waals surface area contributed by atoms with Crippen molar-refractivity contribution < 1.29 is 14.3 Å². The Labute approximate surface area is 129 Å². The average molecular weight is 356 g/mol. The van der Waals surface area contributed by atoms with Crippen LogP contribution in [-0.4, -0.2) is 24.7 Å². The molecule has 0 unspecified atom stereocenters. The summed E-state index contributed by atoms with van der Waals surface area (Å²) in [4.78, 5) is 16.6. The first-order valence-corrected chi connectivity index (χ1v) is 7.74. The number of hydrogen-bond acceptors (Lipinski definition) is 5. The predicted octanol–water partition coefficient (Wildman–Crippen LogP) is 4.15. The minimum atomic E-state index is -0.437. The Morgan fingerprint density at radius 2 is 2.05 bits per heavy atom. The van der Waals surface area contributed by atoms with Crippen LogP contribution in [0.4, 0.5) is 0 Å². The van der Waals surface area contributed by atoms with E-state index in [4.69, 9.17) is 9.47 Å². The summed E-state index contributed by atoms with van der Waals surface area (Å²) in [5, 5.41) is 0. The van der Waals surface area contributed by atoms with Gasteiger partial charge in [-0.1, -0.05) is 6.92 Å². The first-order valence-electron chi connectivity index (χ1n) is 6.13. The number of nitrogens with zero attached hydrogens (tertiary/aromatic N) is 1. The molecule has 2 aromatic rings. The largest absolute Gasteiger partial charge is 0.494 e. The number of ether oxygens (including phenoxy) is 2. The van der Waals surface area contributed by atoms with Crippen molar-refractivity contribution in [1.82, 2.24) is 4.98 Å². The van der Waals surface area contributed by atoms with Crippen LogP contribution in [-0.2, 0) is 4.74 Å². The highest BCUT2D eigenvalue weighted by molar-refractivity contribution is 9.11. The molecule has 1 aromatic carbocycles. The van der Waals surface area contributed by atoms with Crippen molar-refractivity contribution in [1.29, 1.82) is 0 Å². The van der Waals surface area contributed by atoms with Gasteiger partial charge in [0.15, 0.2) is 9.61 Å². The van der Waals surface area contributed by atoms with E-state index in [1.165, 1.54) is 18.4 Å². The van der Waals surface area contributed by atoms with Crippen LogP contribution >= 0.6 is 27.3 Å². The average Bonchev–Trinajstić information content (AvgIpc) is 2.87. The second kappa shape index (κ2) is 6.85. The van der Waals surface area contributed by atoms with Crippen molar-refractivity contribution in [3.05, 3.63) is 33.9 Å². The second-order valence-corrected chi connectivity index (χ2v) is 6.28. The van der Waals surface area contributed by atoms with Crippen LogP contribution in [0.3, 0.4) is 0 Å². The van der Waals surface area contributed by atoms with Crippen LogP contribution in [0.5, 0.6) is 5.75 Å². The minimum absolute atomic E-state index is 0.326. The molecule has 0 radical (unpaired) electrons. The van der Waals surface area contributed by atoms with Crippen molar-refractivity contribution in [2.45, 2.75) is 13.3 Å². The fourth-order valence-corrected chi connectivity index (χ4v) is 3.10. The van der Waals surface area contributed by atoms with E-state index in [2.05, 4.69) is 27.8 Å². The molecule has 1 aromatic heterocycles. The summed E-state index contributed by atoms with van der Waals surface area (Å²) in [5.74, 6) is 0.382. The van der Waals surface area contributed by atoms with Gasteiger partial charge in [-0.3, -0.25) is 0 Å². The molecular formula is C14H14BrNO3S. The van der Waals surface area contributed by atoms with Crippen molar-refractivity contribution in [3.8, 4) is 16.2 Å². The zero-order chi connectivity index (χ0) is 14.5. The number of rotatable bonds is 5. The number of esters is 1. The molecule has 20 heavy (non-hydrogen) atoms. The van der Waals surface area contributed by atoms with E-state index in [0.29, 0.717) is 16.2 Å². The molecule has 0 aliphatic carbocycles. The molecule has 1 heterocycles. The highest BCUT2D eigenvalue weighted by atomic mass is 79.9. The molecule has 2 rings (SSSR count). The molecule has 0 bridgehead atoms. The molecule has 0 aliphatic heterocycles. The van der Waals surface area contributed by atoms with E-state index in [1.54, 1.807) is 0 Å². The molecule has 0 atom stereocenters. The first kappa shape index (κ1) is 15.0. The summed E-state index contributed by atoms with van der Waals surface area (Å²) < 4.78 is 10.9. The molecule has 0 saturated heterocycles. The third-order valence-corrected chi connectivity index (χ3v) is 4.12. The highest BCUT2D eigenvalue weighted by Gasteiger charge is 2.19. The SMILES string of the molecule is CCCOc1ccc(-c2sc(Br)nc2C(=O)OC)cc1. The summed E-state index contributed by atoms with van der Waals surface area (Å²) >= 11 is 4.70. The molecular weight excluding hydrogens is 342 g/mol. The van der Waals surface area contributed by atoms with Gasteiger partial charge in [-0.05, 0) is 52.2 Å². The summed E-state index contributed by atoms with van der Waals surface area (Å²) in [6.45, 7) is 2.75. The van der Waals surface area contributed by atoms with Gasteiger partial charge in [0, 0.05) is 0 Å². The molecule has 0 fully saturated rings. The number of carbonyl (C=O) groups excluding carboxylic acids is 1. The lowest BCUT2D eigenvalue weighted by molar-refractivity contribution is 0.0595. The van der Waals surface area contributed by atoms with Crippen LogP contribution in [0, 0.1) is 0 Å². The van der Waals surface area contributed by atoms with Gasteiger partial charge in [0.05, 0.1) is 18.6 Å². The molecule has 0 N–H and O–H groups in total. The van der Waals surface area contributed by atoms with E-state index in [0.717, 1.165) is 22.6 Å². The standard InChI is InChI=1S/C14H14BrNO3S/c1-3-8-19-10-6-4-9(5-7-10)12-11(13(17)18-2)16-14(15)20-12/h4-7H,3,8H2,1-2H3. The normalized spacial score (nSPS) is 10.3. The number of halogens is 1. The second-order valence-electron chi connectivity index (χ2n) is 4.01. The Morgan fingerprint density at radius 3 is 2.65 bits per heavy atom. The maximum absolute atomic E-state index is 11.7. The molecule has 0 saturated carbocycles. The third-order valence-electron chi connectivity index (χ3n) is 2.57. The molecule has 4 nitrogen and oxygen atoms in total. The number of thiazole rings is 1. The van der Waals surface area contributed by atoms with E-state index < -0.39 is 5.97 Å². The molecule has 0 aliphatic rings. The Kier molecular flexibility index (Phi) is 5.14. The smallest absolute Gasteiger partial charge is 0.358 e. The Hall–Kier alpha value is -1.40. The minimum Gasteiger partial charge on any atom is -0.494 e. The number of hydrogen-bond donors (Lipinski definition) is 0. The molecule has 6 heteroatoms. The van der Waals surface area contributed by atoms with Gasteiger partial charge in [0.2, 0.25) is 0 Å². The topological polar surface area (TPSA) is 48.4 Å². The van der Waals surface area contributed by atoms with E-state index in [9.17, 15) is 4.79 Å². The highest BCUT2D eigenvalue weighted by Crippen LogP contribution is 2.34. The lowest BCUT2D eigenvalue weighted by atomic mass is 10.1. The van der Waals surface area contributed by atoms with Crippen LogP contribution in [0.15, 0.2) is 28.2 Å². The fourth-order valence-electron chi connectivity index (χ4n) is 1.65. The van der Waals surface area contributed by atoms with Crippen LogP contribution in [0.1, 0.15) is 23.8 Å². The Bertz CT molecular complexity index is 595. The maximum Gasteiger partial charge on any atom is 0.358 e.